The number of benzene rings is 1. The van der Waals surface area contributed by atoms with Crippen LogP contribution in [0.15, 0.2) is 18.2 Å². The minimum absolute atomic E-state index is 0.136. The molecule has 0 radical (unpaired) electrons. The van der Waals surface area contributed by atoms with E-state index in [0.717, 1.165) is 0 Å². The standard InChI is InChI=1S/C8H10FN3OS/c1-13-5-2-3-6(9)7(4-5)11-8(14)12-10/h2-4H,10H2,1H3,(H2,11,12,14). The molecule has 4 N–H and O–H groups in total. The van der Waals surface area contributed by atoms with Crippen molar-refractivity contribution in [2.24, 2.45) is 5.84 Å². The van der Waals surface area contributed by atoms with Crippen molar-refractivity contribution in [2.75, 3.05) is 12.4 Å². The highest BCUT2D eigenvalue weighted by Crippen LogP contribution is 2.20. The van der Waals surface area contributed by atoms with E-state index in [1.165, 1.54) is 25.3 Å². The fourth-order valence-corrected chi connectivity index (χ4v) is 0.996. The first-order valence-electron chi connectivity index (χ1n) is 3.78. The van der Waals surface area contributed by atoms with E-state index >= 15 is 0 Å². The van der Waals surface area contributed by atoms with E-state index in [1.54, 1.807) is 0 Å². The zero-order valence-electron chi connectivity index (χ0n) is 7.50. The van der Waals surface area contributed by atoms with Crippen LogP contribution in [-0.4, -0.2) is 12.2 Å². The fourth-order valence-electron chi connectivity index (χ4n) is 0.886. The van der Waals surface area contributed by atoms with E-state index in [4.69, 9.17) is 22.8 Å². The van der Waals surface area contributed by atoms with Gasteiger partial charge in [0.2, 0.25) is 0 Å². The Bertz CT molecular complexity index is 345. The summed E-state index contributed by atoms with van der Waals surface area (Å²) < 4.78 is 18.1. The highest BCUT2D eigenvalue weighted by Gasteiger charge is 2.04. The van der Waals surface area contributed by atoms with Gasteiger partial charge in [-0.1, -0.05) is 0 Å². The number of rotatable bonds is 2. The van der Waals surface area contributed by atoms with E-state index < -0.39 is 5.82 Å². The number of thiocarbonyl (C=S) groups is 1. The Balaban J connectivity index is 2.89. The molecule has 0 aliphatic rings. The predicted octanol–water partition coefficient (Wildman–Crippen LogP) is 0.994. The van der Waals surface area contributed by atoms with Crippen LogP contribution in [-0.2, 0) is 0 Å². The molecule has 0 spiro atoms. The molecule has 0 fully saturated rings. The lowest BCUT2D eigenvalue weighted by Crippen LogP contribution is -2.34. The van der Waals surface area contributed by atoms with E-state index in [-0.39, 0.29) is 10.8 Å². The first-order chi connectivity index (χ1) is 6.67. The van der Waals surface area contributed by atoms with Gasteiger partial charge in [0.1, 0.15) is 11.6 Å². The second-order valence-corrected chi connectivity index (χ2v) is 2.85. The summed E-state index contributed by atoms with van der Waals surface area (Å²) in [6.07, 6.45) is 0. The van der Waals surface area contributed by atoms with Gasteiger partial charge in [0.15, 0.2) is 5.11 Å². The first-order valence-corrected chi connectivity index (χ1v) is 4.19. The third-order valence-electron chi connectivity index (χ3n) is 1.55. The molecule has 0 amide bonds. The van der Waals surface area contributed by atoms with Crippen molar-refractivity contribution in [2.45, 2.75) is 0 Å². The maximum atomic E-state index is 13.2. The van der Waals surface area contributed by atoms with E-state index in [0.29, 0.717) is 5.75 Å². The average Bonchev–Trinajstić information content (AvgIpc) is 2.21. The number of hydrogen-bond donors (Lipinski definition) is 3. The minimum Gasteiger partial charge on any atom is -0.497 e. The quantitative estimate of drug-likeness (QED) is 0.390. The van der Waals surface area contributed by atoms with Crippen molar-refractivity contribution in [1.82, 2.24) is 5.43 Å². The molecular formula is C8H10FN3OS. The van der Waals surface area contributed by atoms with Gasteiger partial charge in [-0.15, -0.1) is 0 Å². The van der Waals surface area contributed by atoms with Gasteiger partial charge >= 0.3 is 0 Å². The van der Waals surface area contributed by atoms with Gasteiger partial charge in [0.05, 0.1) is 12.8 Å². The van der Waals surface area contributed by atoms with E-state index in [1.807, 2.05) is 0 Å². The molecule has 1 aromatic rings. The maximum Gasteiger partial charge on any atom is 0.185 e. The number of hydrogen-bond acceptors (Lipinski definition) is 3. The van der Waals surface area contributed by atoms with Crippen LogP contribution < -0.4 is 21.3 Å². The summed E-state index contributed by atoms with van der Waals surface area (Å²) in [5.74, 6) is 5.14. The molecule has 1 rings (SSSR count). The van der Waals surface area contributed by atoms with Gasteiger partial charge in [0, 0.05) is 6.07 Å². The van der Waals surface area contributed by atoms with Gasteiger partial charge in [-0.2, -0.15) is 0 Å². The third-order valence-corrected chi connectivity index (χ3v) is 1.77. The number of methoxy groups -OCH3 is 1. The molecule has 14 heavy (non-hydrogen) atoms. The molecule has 0 aromatic heterocycles. The molecule has 1 aromatic carbocycles. The van der Waals surface area contributed by atoms with E-state index in [2.05, 4.69) is 10.7 Å². The Morgan fingerprint density at radius 1 is 1.57 bits per heavy atom. The number of hydrazine groups is 1. The number of nitrogens with one attached hydrogen (secondary N) is 2. The van der Waals surface area contributed by atoms with Gasteiger partial charge in [-0.3, -0.25) is 0 Å². The summed E-state index contributed by atoms with van der Waals surface area (Å²) in [7, 11) is 1.50. The molecule has 0 saturated carbocycles. The molecule has 0 saturated heterocycles. The second-order valence-electron chi connectivity index (χ2n) is 2.44. The molecule has 0 heterocycles. The maximum absolute atomic E-state index is 13.2. The highest BCUT2D eigenvalue weighted by molar-refractivity contribution is 7.80. The number of halogens is 1. The molecule has 0 bridgehead atoms. The van der Waals surface area contributed by atoms with Crippen molar-refractivity contribution < 1.29 is 9.13 Å². The van der Waals surface area contributed by atoms with Crippen LogP contribution in [0, 0.1) is 5.82 Å². The molecule has 0 aliphatic heterocycles. The highest BCUT2D eigenvalue weighted by atomic mass is 32.1. The van der Waals surface area contributed by atoms with Crippen LogP contribution in [0.2, 0.25) is 0 Å². The summed E-state index contributed by atoms with van der Waals surface area (Å²) >= 11 is 4.72. The monoisotopic (exact) mass is 215 g/mol. The zero-order chi connectivity index (χ0) is 10.6. The van der Waals surface area contributed by atoms with Crippen molar-refractivity contribution in [3.8, 4) is 5.75 Å². The summed E-state index contributed by atoms with van der Waals surface area (Å²) in [5.41, 5.74) is 2.41. The van der Waals surface area contributed by atoms with Crippen LogP contribution >= 0.6 is 12.2 Å². The summed E-state index contributed by atoms with van der Waals surface area (Å²) in [6.45, 7) is 0. The molecule has 6 heteroatoms. The van der Waals surface area contributed by atoms with Crippen molar-refractivity contribution in [3.05, 3.63) is 24.0 Å². The van der Waals surface area contributed by atoms with Crippen molar-refractivity contribution >= 4 is 23.0 Å². The Morgan fingerprint density at radius 3 is 2.86 bits per heavy atom. The molecule has 0 unspecified atom stereocenters. The summed E-state index contributed by atoms with van der Waals surface area (Å²) in [6, 6.07) is 4.28. The van der Waals surface area contributed by atoms with Crippen LogP contribution in [0.5, 0.6) is 5.75 Å². The summed E-state index contributed by atoms with van der Waals surface area (Å²) in [4.78, 5) is 0. The first kappa shape index (κ1) is 10.7. The Kier molecular flexibility index (Phi) is 3.61. The number of anilines is 1. The topological polar surface area (TPSA) is 59.3 Å². The van der Waals surface area contributed by atoms with Gasteiger partial charge in [-0.05, 0) is 24.4 Å². The lowest BCUT2D eigenvalue weighted by Gasteiger charge is -2.09. The molecular weight excluding hydrogens is 205 g/mol. The Morgan fingerprint density at radius 2 is 2.29 bits per heavy atom. The van der Waals surface area contributed by atoms with Crippen LogP contribution in [0.1, 0.15) is 0 Å². The van der Waals surface area contributed by atoms with Crippen LogP contribution in [0.3, 0.4) is 0 Å². The summed E-state index contributed by atoms with van der Waals surface area (Å²) in [5, 5.41) is 2.71. The van der Waals surface area contributed by atoms with Crippen LogP contribution in [0.4, 0.5) is 10.1 Å². The second kappa shape index (κ2) is 4.73. The average molecular weight is 215 g/mol. The molecule has 0 atom stereocenters. The minimum atomic E-state index is -0.427. The lowest BCUT2D eigenvalue weighted by atomic mass is 10.3. The fraction of sp³-hybridized carbons (Fsp3) is 0.125. The van der Waals surface area contributed by atoms with Gasteiger partial charge in [-0.25, -0.2) is 10.2 Å². The number of nitrogens with two attached hydrogens (primary N) is 1. The Labute approximate surface area is 86.2 Å². The lowest BCUT2D eigenvalue weighted by molar-refractivity contribution is 0.414. The number of ether oxygens (including phenoxy) is 1. The van der Waals surface area contributed by atoms with Crippen molar-refractivity contribution in [3.63, 3.8) is 0 Å². The largest absolute Gasteiger partial charge is 0.497 e. The van der Waals surface area contributed by atoms with Gasteiger partial charge in [0.25, 0.3) is 0 Å². The van der Waals surface area contributed by atoms with Crippen molar-refractivity contribution in [1.29, 1.82) is 0 Å². The zero-order valence-corrected chi connectivity index (χ0v) is 8.32. The molecule has 76 valence electrons. The van der Waals surface area contributed by atoms with E-state index in [9.17, 15) is 4.39 Å². The SMILES string of the molecule is COc1ccc(F)c(NC(=S)NN)c1. The normalized spacial score (nSPS) is 9.36. The van der Waals surface area contributed by atoms with Gasteiger partial charge < -0.3 is 15.5 Å². The Hall–Kier alpha value is -1.40. The predicted molar refractivity (Wildman–Crippen MR) is 56.5 cm³/mol. The third kappa shape index (κ3) is 2.54. The molecule has 4 nitrogen and oxygen atoms in total. The van der Waals surface area contributed by atoms with Crippen LogP contribution in [0.25, 0.3) is 0 Å². The molecule has 0 aliphatic carbocycles. The smallest absolute Gasteiger partial charge is 0.185 e.